The van der Waals surface area contributed by atoms with Crippen molar-refractivity contribution >= 4 is 11.7 Å². The minimum absolute atomic E-state index is 0.00477. The van der Waals surface area contributed by atoms with Crippen LogP contribution in [0, 0.1) is 24.2 Å². The van der Waals surface area contributed by atoms with Crippen LogP contribution in [0.5, 0.6) is 0 Å². The first-order chi connectivity index (χ1) is 12.3. The molecule has 7 heteroatoms. The second kappa shape index (κ2) is 8.86. The SMILES string of the molecule is Cc1ccc(C(=O)CCC(C#N)CC(F)(F)C(=O)N2CCOCC2)cc1. The third kappa shape index (κ3) is 5.33. The number of rotatable bonds is 7. The van der Waals surface area contributed by atoms with Gasteiger partial charge in [0.25, 0.3) is 5.91 Å². The van der Waals surface area contributed by atoms with E-state index in [1.54, 1.807) is 30.3 Å². The molecule has 0 radical (unpaired) electrons. The van der Waals surface area contributed by atoms with Crippen LogP contribution in [-0.4, -0.2) is 48.8 Å². The standard InChI is InChI=1S/C19H22F2N2O3/c1-14-2-5-16(6-3-14)17(24)7-4-15(13-22)12-19(20,21)18(25)23-8-10-26-11-9-23/h2-3,5-6,15H,4,7-12H2,1H3. The number of ketones is 1. The fraction of sp³-hybridized carbons (Fsp3) is 0.526. The number of nitriles is 1. The van der Waals surface area contributed by atoms with Gasteiger partial charge in [-0.05, 0) is 13.3 Å². The second-order valence-corrected chi connectivity index (χ2v) is 6.47. The molecule has 1 atom stereocenters. The number of carbonyl (C=O) groups excluding carboxylic acids is 2. The molecule has 1 heterocycles. The molecule has 0 N–H and O–H groups in total. The highest BCUT2D eigenvalue weighted by Gasteiger charge is 2.44. The Hall–Kier alpha value is -2.33. The summed E-state index contributed by atoms with van der Waals surface area (Å²) in [6, 6.07) is 8.75. The summed E-state index contributed by atoms with van der Waals surface area (Å²) in [5.41, 5.74) is 1.50. The largest absolute Gasteiger partial charge is 0.378 e. The highest BCUT2D eigenvalue weighted by molar-refractivity contribution is 5.96. The molecule has 1 fully saturated rings. The Morgan fingerprint density at radius 2 is 1.88 bits per heavy atom. The van der Waals surface area contributed by atoms with Crippen molar-refractivity contribution in [2.24, 2.45) is 5.92 Å². The van der Waals surface area contributed by atoms with Crippen LogP contribution in [0.3, 0.4) is 0 Å². The van der Waals surface area contributed by atoms with Crippen LogP contribution in [0.25, 0.3) is 0 Å². The van der Waals surface area contributed by atoms with Crippen LogP contribution in [0.1, 0.15) is 35.2 Å². The fourth-order valence-corrected chi connectivity index (χ4v) is 2.80. The summed E-state index contributed by atoms with van der Waals surface area (Å²) in [5.74, 6) is -6.16. The minimum Gasteiger partial charge on any atom is -0.378 e. The summed E-state index contributed by atoms with van der Waals surface area (Å²) in [6.07, 6.45) is -0.890. The van der Waals surface area contributed by atoms with E-state index in [4.69, 9.17) is 10.00 Å². The van der Waals surface area contributed by atoms with Crippen molar-refractivity contribution in [2.45, 2.75) is 32.1 Å². The van der Waals surface area contributed by atoms with Crippen LogP contribution in [0.4, 0.5) is 8.78 Å². The Morgan fingerprint density at radius 1 is 1.27 bits per heavy atom. The van der Waals surface area contributed by atoms with Crippen molar-refractivity contribution in [3.05, 3.63) is 35.4 Å². The van der Waals surface area contributed by atoms with E-state index in [-0.39, 0.29) is 44.9 Å². The quantitative estimate of drug-likeness (QED) is 0.698. The number of aryl methyl sites for hydroxylation is 1. The smallest absolute Gasteiger partial charge is 0.326 e. The third-order valence-electron chi connectivity index (χ3n) is 4.39. The predicted molar refractivity (Wildman–Crippen MR) is 90.8 cm³/mol. The summed E-state index contributed by atoms with van der Waals surface area (Å²) in [4.78, 5) is 25.2. The molecule has 0 aliphatic carbocycles. The zero-order valence-electron chi connectivity index (χ0n) is 14.7. The topological polar surface area (TPSA) is 70.4 Å². The van der Waals surface area contributed by atoms with E-state index in [9.17, 15) is 18.4 Å². The summed E-state index contributed by atoms with van der Waals surface area (Å²) >= 11 is 0. The Balaban J connectivity index is 1.91. The molecular weight excluding hydrogens is 342 g/mol. The van der Waals surface area contributed by atoms with Gasteiger partial charge in [0.2, 0.25) is 0 Å². The van der Waals surface area contributed by atoms with E-state index in [0.29, 0.717) is 5.56 Å². The van der Waals surface area contributed by atoms with Crippen LogP contribution in [0.2, 0.25) is 0 Å². The van der Waals surface area contributed by atoms with Gasteiger partial charge in [0, 0.05) is 31.5 Å². The van der Waals surface area contributed by atoms with Gasteiger partial charge in [0.1, 0.15) is 0 Å². The molecule has 0 spiro atoms. The minimum atomic E-state index is -3.62. The highest BCUT2D eigenvalue weighted by atomic mass is 19.3. The molecule has 26 heavy (non-hydrogen) atoms. The number of morpholine rings is 1. The monoisotopic (exact) mass is 364 g/mol. The number of hydrogen-bond acceptors (Lipinski definition) is 4. The molecule has 1 aliphatic heterocycles. The number of hydrogen-bond donors (Lipinski definition) is 0. The number of amides is 1. The molecule has 0 aromatic heterocycles. The second-order valence-electron chi connectivity index (χ2n) is 6.47. The average molecular weight is 364 g/mol. The molecule has 0 bridgehead atoms. The number of ether oxygens (including phenoxy) is 1. The Morgan fingerprint density at radius 3 is 2.46 bits per heavy atom. The van der Waals surface area contributed by atoms with Crippen molar-refractivity contribution in [3.63, 3.8) is 0 Å². The normalized spacial score (nSPS) is 16.0. The van der Waals surface area contributed by atoms with E-state index in [1.807, 2.05) is 6.92 Å². The molecule has 2 rings (SSSR count). The molecule has 5 nitrogen and oxygen atoms in total. The van der Waals surface area contributed by atoms with Crippen molar-refractivity contribution in [1.82, 2.24) is 4.90 Å². The zero-order chi connectivity index (χ0) is 19.2. The van der Waals surface area contributed by atoms with Gasteiger partial charge in [-0.3, -0.25) is 9.59 Å². The first-order valence-corrected chi connectivity index (χ1v) is 8.58. The molecule has 140 valence electrons. The molecule has 1 aliphatic rings. The number of carbonyl (C=O) groups is 2. The Bertz CT molecular complexity index is 677. The lowest BCUT2D eigenvalue weighted by atomic mass is 9.93. The molecule has 1 aromatic carbocycles. The van der Waals surface area contributed by atoms with Crippen LogP contribution in [0.15, 0.2) is 24.3 Å². The van der Waals surface area contributed by atoms with Gasteiger partial charge in [-0.1, -0.05) is 29.8 Å². The number of benzene rings is 1. The van der Waals surface area contributed by atoms with Gasteiger partial charge in [0.05, 0.1) is 25.2 Å². The highest BCUT2D eigenvalue weighted by Crippen LogP contribution is 2.29. The molecule has 1 aromatic rings. The summed E-state index contributed by atoms with van der Waals surface area (Å²) in [6.45, 7) is 2.60. The van der Waals surface area contributed by atoms with Crippen LogP contribution >= 0.6 is 0 Å². The lowest BCUT2D eigenvalue weighted by Gasteiger charge is -2.30. The number of Topliss-reactive ketones (excluding diaryl/α,β-unsaturated/α-hetero) is 1. The van der Waals surface area contributed by atoms with E-state index < -0.39 is 24.2 Å². The first kappa shape index (κ1) is 20.0. The van der Waals surface area contributed by atoms with Gasteiger partial charge in [-0.15, -0.1) is 0 Å². The number of halogens is 2. The van der Waals surface area contributed by atoms with E-state index >= 15 is 0 Å². The third-order valence-corrected chi connectivity index (χ3v) is 4.39. The summed E-state index contributed by atoms with van der Waals surface area (Å²) in [7, 11) is 0. The maximum absolute atomic E-state index is 14.3. The maximum atomic E-state index is 14.3. The van der Waals surface area contributed by atoms with Gasteiger partial charge in [-0.25, -0.2) is 0 Å². The van der Waals surface area contributed by atoms with Crippen LogP contribution in [-0.2, 0) is 9.53 Å². The van der Waals surface area contributed by atoms with Gasteiger partial charge < -0.3 is 9.64 Å². The molecular formula is C19H22F2N2O3. The van der Waals surface area contributed by atoms with E-state index in [2.05, 4.69) is 0 Å². The zero-order valence-corrected chi connectivity index (χ0v) is 14.7. The van der Waals surface area contributed by atoms with Gasteiger partial charge >= 0.3 is 5.92 Å². The van der Waals surface area contributed by atoms with Crippen LogP contribution < -0.4 is 0 Å². The van der Waals surface area contributed by atoms with Crippen molar-refractivity contribution in [1.29, 1.82) is 5.26 Å². The number of nitrogens with zero attached hydrogens (tertiary/aromatic N) is 2. The first-order valence-electron chi connectivity index (χ1n) is 8.58. The lowest BCUT2D eigenvalue weighted by Crippen LogP contribution is -2.49. The van der Waals surface area contributed by atoms with E-state index in [1.165, 1.54) is 0 Å². The summed E-state index contributed by atoms with van der Waals surface area (Å²) < 4.78 is 33.6. The molecule has 0 saturated carbocycles. The molecule has 1 unspecified atom stereocenters. The molecule has 1 saturated heterocycles. The predicted octanol–water partition coefficient (Wildman–Crippen LogP) is 2.98. The van der Waals surface area contributed by atoms with Gasteiger partial charge in [-0.2, -0.15) is 14.0 Å². The van der Waals surface area contributed by atoms with Crippen molar-refractivity contribution in [2.75, 3.05) is 26.3 Å². The molecule has 1 amide bonds. The van der Waals surface area contributed by atoms with Crippen molar-refractivity contribution in [3.8, 4) is 6.07 Å². The summed E-state index contributed by atoms with van der Waals surface area (Å²) in [5, 5.41) is 9.16. The van der Waals surface area contributed by atoms with E-state index in [0.717, 1.165) is 10.5 Å². The fourth-order valence-electron chi connectivity index (χ4n) is 2.80. The van der Waals surface area contributed by atoms with Crippen molar-refractivity contribution < 1.29 is 23.1 Å². The lowest BCUT2D eigenvalue weighted by molar-refractivity contribution is -0.163. The number of alkyl halides is 2. The van der Waals surface area contributed by atoms with Gasteiger partial charge in [0.15, 0.2) is 5.78 Å². The maximum Gasteiger partial charge on any atom is 0.326 e. The Kier molecular flexibility index (Phi) is 6.81. The average Bonchev–Trinajstić information content (AvgIpc) is 2.65. The Labute approximate surface area is 151 Å².